The lowest BCUT2D eigenvalue weighted by atomic mass is 10.1. The van der Waals surface area contributed by atoms with E-state index in [2.05, 4.69) is 41.2 Å². The second-order valence-corrected chi connectivity index (χ2v) is 7.11. The summed E-state index contributed by atoms with van der Waals surface area (Å²) in [6.45, 7) is 10.3. The number of amides is 1. The number of H-pyrrole nitrogens is 1. The minimum absolute atomic E-state index is 0.0849. The van der Waals surface area contributed by atoms with Gasteiger partial charge >= 0.3 is 0 Å². The zero-order chi connectivity index (χ0) is 17.5. The van der Waals surface area contributed by atoms with Gasteiger partial charge in [-0.25, -0.2) is 4.98 Å². The Balaban J connectivity index is 1.80. The van der Waals surface area contributed by atoms with Crippen molar-refractivity contribution in [2.24, 2.45) is 0 Å². The molecule has 0 bridgehead atoms. The van der Waals surface area contributed by atoms with Crippen LogP contribution in [0.3, 0.4) is 0 Å². The molecule has 0 saturated carbocycles. The number of nitrogens with zero attached hydrogens (tertiary/aromatic N) is 3. The van der Waals surface area contributed by atoms with Gasteiger partial charge in [0.25, 0.3) is 5.91 Å². The zero-order valence-corrected chi connectivity index (χ0v) is 14.7. The van der Waals surface area contributed by atoms with Crippen LogP contribution in [-0.4, -0.2) is 25.7 Å². The molecule has 2 N–H and O–H groups in total. The molecular weight excluding hydrogens is 302 g/mol. The SMILES string of the molecule is Cc1nn(C(C)(C)C)cc1C(C)NC(=O)c1ccc2nc[nH]c2c1. The molecule has 1 amide bonds. The number of benzene rings is 1. The third-order valence-electron chi connectivity index (χ3n) is 4.12. The van der Waals surface area contributed by atoms with E-state index < -0.39 is 0 Å². The Labute approximate surface area is 141 Å². The minimum atomic E-state index is -0.119. The average Bonchev–Trinajstić information content (AvgIpc) is 3.11. The molecule has 24 heavy (non-hydrogen) atoms. The molecule has 126 valence electrons. The first-order valence-corrected chi connectivity index (χ1v) is 8.06. The number of carbonyl (C=O) groups excluding carboxylic acids is 1. The lowest BCUT2D eigenvalue weighted by Gasteiger charge is -2.19. The van der Waals surface area contributed by atoms with Crippen molar-refractivity contribution in [1.82, 2.24) is 25.1 Å². The molecular formula is C18H23N5O. The summed E-state index contributed by atoms with van der Waals surface area (Å²) in [6, 6.07) is 5.33. The number of fused-ring (bicyclic) bond motifs is 1. The van der Waals surface area contributed by atoms with Crippen molar-refractivity contribution in [3.8, 4) is 0 Å². The van der Waals surface area contributed by atoms with Crippen LogP contribution in [0.2, 0.25) is 0 Å². The Morgan fingerprint density at radius 3 is 2.75 bits per heavy atom. The molecule has 0 saturated heterocycles. The van der Waals surface area contributed by atoms with E-state index in [1.807, 2.05) is 36.9 Å². The van der Waals surface area contributed by atoms with Gasteiger partial charge in [-0.2, -0.15) is 5.10 Å². The average molecular weight is 325 g/mol. The first kappa shape index (κ1) is 16.2. The van der Waals surface area contributed by atoms with E-state index in [1.165, 1.54) is 0 Å². The molecule has 0 radical (unpaired) electrons. The fourth-order valence-corrected chi connectivity index (χ4v) is 2.68. The third kappa shape index (κ3) is 3.04. The first-order chi connectivity index (χ1) is 11.3. The van der Waals surface area contributed by atoms with Crippen molar-refractivity contribution >= 4 is 16.9 Å². The molecule has 1 atom stereocenters. The summed E-state index contributed by atoms with van der Waals surface area (Å²) in [6.07, 6.45) is 3.64. The Kier molecular flexibility index (Phi) is 3.91. The summed E-state index contributed by atoms with van der Waals surface area (Å²) in [4.78, 5) is 19.7. The van der Waals surface area contributed by atoms with Gasteiger partial charge in [0.2, 0.25) is 0 Å². The summed E-state index contributed by atoms with van der Waals surface area (Å²) < 4.78 is 1.94. The van der Waals surface area contributed by atoms with Crippen LogP contribution < -0.4 is 5.32 Å². The summed E-state index contributed by atoms with van der Waals surface area (Å²) in [5.74, 6) is -0.109. The Morgan fingerprint density at radius 2 is 2.08 bits per heavy atom. The Bertz CT molecular complexity index is 884. The van der Waals surface area contributed by atoms with Crippen molar-refractivity contribution in [3.63, 3.8) is 0 Å². The van der Waals surface area contributed by atoms with Crippen molar-refractivity contribution in [2.45, 2.75) is 46.2 Å². The highest BCUT2D eigenvalue weighted by molar-refractivity contribution is 5.97. The van der Waals surface area contributed by atoms with Gasteiger partial charge in [-0.15, -0.1) is 0 Å². The van der Waals surface area contributed by atoms with Crippen LogP contribution in [-0.2, 0) is 5.54 Å². The van der Waals surface area contributed by atoms with Crippen molar-refractivity contribution in [3.05, 3.63) is 47.5 Å². The van der Waals surface area contributed by atoms with Crippen LogP contribution in [0, 0.1) is 6.92 Å². The maximum atomic E-state index is 12.5. The van der Waals surface area contributed by atoms with Crippen LogP contribution in [0.5, 0.6) is 0 Å². The van der Waals surface area contributed by atoms with Crippen LogP contribution in [0.25, 0.3) is 11.0 Å². The maximum absolute atomic E-state index is 12.5. The number of nitrogens with one attached hydrogen (secondary N) is 2. The molecule has 6 nitrogen and oxygen atoms in total. The number of hydrogen-bond donors (Lipinski definition) is 2. The van der Waals surface area contributed by atoms with Gasteiger partial charge in [0, 0.05) is 17.3 Å². The van der Waals surface area contributed by atoms with E-state index in [0.717, 1.165) is 22.3 Å². The molecule has 1 unspecified atom stereocenters. The second-order valence-electron chi connectivity index (χ2n) is 7.11. The van der Waals surface area contributed by atoms with E-state index >= 15 is 0 Å². The molecule has 3 aromatic rings. The lowest BCUT2D eigenvalue weighted by molar-refractivity contribution is 0.0940. The van der Waals surface area contributed by atoms with Crippen LogP contribution in [0.15, 0.2) is 30.7 Å². The van der Waals surface area contributed by atoms with E-state index in [4.69, 9.17) is 0 Å². The first-order valence-electron chi connectivity index (χ1n) is 8.06. The summed E-state index contributed by atoms with van der Waals surface area (Å²) >= 11 is 0. The largest absolute Gasteiger partial charge is 0.345 e. The van der Waals surface area contributed by atoms with Crippen molar-refractivity contribution in [1.29, 1.82) is 0 Å². The number of aromatic amines is 1. The predicted octanol–water partition coefficient (Wildman–Crippen LogP) is 3.31. The molecule has 2 heterocycles. The number of aryl methyl sites for hydroxylation is 1. The third-order valence-corrected chi connectivity index (χ3v) is 4.12. The molecule has 0 aliphatic carbocycles. The lowest BCUT2D eigenvalue weighted by Crippen LogP contribution is -2.27. The highest BCUT2D eigenvalue weighted by atomic mass is 16.1. The molecule has 0 aliphatic heterocycles. The van der Waals surface area contributed by atoms with E-state index in [0.29, 0.717) is 5.56 Å². The molecule has 0 fully saturated rings. The van der Waals surface area contributed by atoms with Crippen molar-refractivity contribution < 1.29 is 4.79 Å². The molecule has 0 aliphatic rings. The Hall–Kier alpha value is -2.63. The summed E-state index contributed by atoms with van der Waals surface area (Å²) in [7, 11) is 0. The standard InChI is InChI=1S/C18H23N5O/c1-11(14-9-23(18(3,4)5)22-12(14)2)21-17(24)13-6-7-15-16(8-13)20-10-19-15/h6-11H,1-5H3,(H,19,20)(H,21,24). The number of imidazole rings is 1. The van der Waals surface area contributed by atoms with Gasteiger partial charge in [-0.1, -0.05) is 0 Å². The van der Waals surface area contributed by atoms with Crippen LogP contribution in [0.4, 0.5) is 0 Å². The van der Waals surface area contributed by atoms with Crippen molar-refractivity contribution in [2.75, 3.05) is 0 Å². The van der Waals surface area contributed by atoms with Gasteiger partial charge < -0.3 is 10.3 Å². The monoisotopic (exact) mass is 325 g/mol. The van der Waals surface area contributed by atoms with Gasteiger partial charge in [-0.05, 0) is 52.8 Å². The fraction of sp³-hybridized carbons (Fsp3) is 0.389. The predicted molar refractivity (Wildman–Crippen MR) is 93.9 cm³/mol. The van der Waals surface area contributed by atoms with Gasteiger partial charge in [0.15, 0.2) is 0 Å². The van der Waals surface area contributed by atoms with E-state index in [1.54, 1.807) is 12.4 Å². The maximum Gasteiger partial charge on any atom is 0.251 e. The normalized spacial score (nSPS) is 13.2. The molecule has 6 heteroatoms. The fourth-order valence-electron chi connectivity index (χ4n) is 2.68. The van der Waals surface area contributed by atoms with Gasteiger partial charge in [0.05, 0.1) is 34.6 Å². The highest BCUT2D eigenvalue weighted by Crippen LogP contribution is 2.21. The summed E-state index contributed by atoms with van der Waals surface area (Å²) in [5, 5.41) is 7.62. The zero-order valence-electron chi connectivity index (χ0n) is 14.7. The van der Waals surface area contributed by atoms with Gasteiger partial charge in [0.1, 0.15) is 0 Å². The van der Waals surface area contributed by atoms with E-state index in [9.17, 15) is 4.79 Å². The van der Waals surface area contributed by atoms with Crippen LogP contribution >= 0.6 is 0 Å². The number of aromatic nitrogens is 4. The highest BCUT2D eigenvalue weighted by Gasteiger charge is 2.20. The second kappa shape index (κ2) is 5.78. The number of rotatable bonds is 3. The quantitative estimate of drug-likeness (QED) is 0.775. The van der Waals surface area contributed by atoms with Gasteiger partial charge in [-0.3, -0.25) is 9.48 Å². The molecule has 1 aromatic carbocycles. The molecule has 0 spiro atoms. The number of carbonyl (C=O) groups is 1. The van der Waals surface area contributed by atoms with Crippen LogP contribution in [0.1, 0.15) is 55.4 Å². The topological polar surface area (TPSA) is 75.6 Å². The van der Waals surface area contributed by atoms with E-state index in [-0.39, 0.29) is 17.5 Å². The summed E-state index contributed by atoms with van der Waals surface area (Å²) in [5.41, 5.74) is 4.19. The minimum Gasteiger partial charge on any atom is -0.345 e. The smallest absolute Gasteiger partial charge is 0.251 e. The number of hydrogen-bond acceptors (Lipinski definition) is 3. The molecule has 3 rings (SSSR count). The Morgan fingerprint density at radius 1 is 1.33 bits per heavy atom. The molecule has 2 aromatic heterocycles.